The van der Waals surface area contributed by atoms with Gasteiger partial charge in [-0.15, -0.1) is 0 Å². The molecule has 1 saturated heterocycles. The van der Waals surface area contributed by atoms with Crippen molar-refractivity contribution in [2.45, 2.75) is 0 Å². The smallest absolute Gasteiger partial charge is 0.256 e. The van der Waals surface area contributed by atoms with E-state index in [0.29, 0.717) is 47.3 Å². The molecule has 0 unspecified atom stereocenters. The molecule has 1 aromatic heterocycles. The van der Waals surface area contributed by atoms with E-state index in [1.54, 1.807) is 37.4 Å². The average Bonchev–Trinajstić information content (AvgIpc) is 2.82. The number of fused-ring (bicyclic) bond motifs is 1. The molecule has 0 radical (unpaired) electrons. The summed E-state index contributed by atoms with van der Waals surface area (Å²) in [6, 6.07) is 16.3. The van der Waals surface area contributed by atoms with E-state index in [2.05, 4.69) is 16.0 Å². The van der Waals surface area contributed by atoms with Gasteiger partial charge in [-0.05, 0) is 35.9 Å². The highest BCUT2D eigenvalue weighted by molar-refractivity contribution is 5.95. The number of ether oxygens (including phenoxy) is 1. The van der Waals surface area contributed by atoms with Gasteiger partial charge in [-0.3, -0.25) is 14.5 Å². The number of aromatic amines is 1. The first kappa shape index (κ1) is 20.8. The molecule has 0 atom stereocenters. The van der Waals surface area contributed by atoms with Gasteiger partial charge in [0.15, 0.2) is 0 Å². The van der Waals surface area contributed by atoms with Crippen LogP contribution in [0.3, 0.4) is 0 Å². The number of carbonyl (C=O) groups is 1. The number of carbonyl (C=O) groups excluding carboxylic acids is 1. The number of hydrogen-bond acceptors (Lipinski definition) is 5. The first-order valence-electron chi connectivity index (χ1n) is 10.3. The number of H-pyrrole nitrogens is 1. The summed E-state index contributed by atoms with van der Waals surface area (Å²) in [4.78, 5) is 32.4. The number of piperazine rings is 1. The number of aromatic nitrogens is 1. The number of nitrogens with zero attached hydrogens (tertiary/aromatic N) is 3. The number of benzene rings is 2. The van der Waals surface area contributed by atoms with Crippen LogP contribution in [0.1, 0.15) is 15.9 Å². The first-order chi connectivity index (χ1) is 15.1. The Kier molecular flexibility index (Phi) is 6.12. The molecule has 7 heteroatoms. The van der Waals surface area contributed by atoms with E-state index in [1.165, 1.54) is 0 Å². The molecular formula is C24H24N4O3. The Hall–Kier alpha value is -3.47. The minimum Gasteiger partial charge on any atom is -0.383 e. The molecule has 2 aromatic carbocycles. The standard InChI is InChI=1S/C24H24N4O3/c1-31-14-13-27-9-11-28(12-10-27)24(30)18-7-5-17(6-8-18)22-15-21-19(16-25)3-2-4-20(21)23(29)26-22/h2-8,15H,9-14H2,1H3,(H,26,29). The van der Waals surface area contributed by atoms with Crippen LogP contribution >= 0.6 is 0 Å². The van der Waals surface area contributed by atoms with Crippen molar-refractivity contribution in [3.05, 3.63) is 70.0 Å². The second-order valence-corrected chi connectivity index (χ2v) is 7.59. The Labute approximate surface area is 180 Å². The van der Waals surface area contributed by atoms with Crippen molar-refractivity contribution >= 4 is 16.7 Å². The van der Waals surface area contributed by atoms with Gasteiger partial charge in [0.2, 0.25) is 0 Å². The Morgan fingerprint density at radius 1 is 1.10 bits per heavy atom. The zero-order valence-corrected chi connectivity index (χ0v) is 17.4. The highest BCUT2D eigenvalue weighted by atomic mass is 16.5. The van der Waals surface area contributed by atoms with Crippen LogP contribution in [-0.2, 0) is 4.74 Å². The summed E-state index contributed by atoms with van der Waals surface area (Å²) in [6.07, 6.45) is 0. The molecule has 1 N–H and O–H groups in total. The van der Waals surface area contributed by atoms with Crippen molar-refractivity contribution in [2.24, 2.45) is 0 Å². The Morgan fingerprint density at radius 3 is 2.52 bits per heavy atom. The fourth-order valence-corrected chi connectivity index (χ4v) is 3.91. The summed E-state index contributed by atoms with van der Waals surface area (Å²) in [5, 5.41) is 10.5. The van der Waals surface area contributed by atoms with Gasteiger partial charge < -0.3 is 14.6 Å². The van der Waals surface area contributed by atoms with Crippen molar-refractivity contribution in [3.8, 4) is 17.3 Å². The Balaban J connectivity index is 1.52. The molecule has 1 aliphatic rings. The summed E-state index contributed by atoms with van der Waals surface area (Å²) >= 11 is 0. The minimum atomic E-state index is -0.240. The van der Waals surface area contributed by atoms with E-state index in [9.17, 15) is 14.9 Å². The Bertz CT molecular complexity index is 1190. The lowest BCUT2D eigenvalue weighted by molar-refractivity contribution is 0.0594. The summed E-state index contributed by atoms with van der Waals surface area (Å²) in [6.45, 7) is 4.64. The SMILES string of the molecule is COCCN1CCN(C(=O)c2ccc(-c3cc4c(C#N)cccc4c(=O)[nH]3)cc2)CC1. The summed E-state index contributed by atoms with van der Waals surface area (Å²) in [5.74, 6) is 0.0108. The lowest BCUT2D eigenvalue weighted by Crippen LogP contribution is -2.49. The second kappa shape index (κ2) is 9.13. The van der Waals surface area contributed by atoms with E-state index in [1.807, 2.05) is 23.1 Å². The van der Waals surface area contributed by atoms with Crippen LogP contribution in [0.25, 0.3) is 22.0 Å². The van der Waals surface area contributed by atoms with Crippen LogP contribution in [0.4, 0.5) is 0 Å². The van der Waals surface area contributed by atoms with Gasteiger partial charge in [-0.25, -0.2) is 0 Å². The lowest BCUT2D eigenvalue weighted by atomic mass is 10.0. The van der Waals surface area contributed by atoms with Crippen LogP contribution in [0.15, 0.2) is 53.3 Å². The van der Waals surface area contributed by atoms with Gasteiger partial charge in [0.1, 0.15) is 0 Å². The highest BCUT2D eigenvalue weighted by Gasteiger charge is 2.22. The van der Waals surface area contributed by atoms with Crippen LogP contribution in [0, 0.1) is 11.3 Å². The highest BCUT2D eigenvalue weighted by Crippen LogP contribution is 2.23. The fourth-order valence-electron chi connectivity index (χ4n) is 3.91. The van der Waals surface area contributed by atoms with Gasteiger partial charge >= 0.3 is 0 Å². The molecule has 0 aliphatic carbocycles. The molecule has 158 valence electrons. The monoisotopic (exact) mass is 416 g/mol. The van der Waals surface area contributed by atoms with E-state index < -0.39 is 0 Å². The van der Waals surface area contributed by atoms with E-state index in [-0.39, 0.29) is 11.5 Å². The second-order valence-electron chi connectivity index (χ2n) is 7.59. The third kappa shape index (κ3) is 4.36. The topological polar surface area (TPSA) is 89.4 Å². The number of pyridine rings is 1. The Morgan fingerprint density at radius 2 is 1.84 bits per heavy atom. The van der Waals surface area contributed by atoms with E-state index in [4.69, 9.17) is 4.74 Å². The number of rotatable bonds is 5. The number of nitriles is 1. The van der Waals surface area contributed by atoms with Crippen LogP contribution in [0.2, 0.25) is 0 Å². The number of nitrogens with one attached hydrogen (secondary N) is 1. The molecule has 1 amide bonds. The predicted octanol–water partition coefficient (Wildman–Crippen LogP) is 2.47. The molecule has 0 spiro atoms. The van der Waals surface area contributed by atoms with Gasteiger partial charge in [0, 0.05) is 61.9 Å². The maximum atomic E-state index is 12.9. The third-order valence-corrected chi connectivity index (χ3v) is 5.72. The van der Waals surface area contributed by atoms with Crippen molar-refractivity contribution in [2.75, 3.05) is 46.4 Å². The van der Waals surface area contributed by atoms with Crippen molar-refractivity contribution < 1.29 is 9.53 Å². The maximum Gasteiger partial charge on any atom is 0.256 e. The quantitative estimate of drug-likeness (QED) is 0.690. The maximum absolute atomic E-state index is 12.9. The van der Waals surface area contributed by atoms with Crippen LogP contribution < -0.4 is 5.56 Å². The predicted molar refractivity (Wildman–Crippen MR) is 119 cm³/mol. The lowest BCUT2D eigenvalue weighted by Gasteiger charge is -2.34. The molecule has 31 heavy (non-hydrogen) atoms. The average molecular weight is 416 g/mol. The van der Waals surface area contributed by atoms with Gasteiger partial charge in [0.25, 0.3) is 11.5 Å². The fraction of sp³-hybridized carbons (Fsp3) is 0.292. The molecule has 7 nitrogen and oxygen atoms in total. The van der Waals surface area contributed by atoms with E-state index in [0.717, 1.165) is 25.2 Å². The normalized spacial score (nSPS) is 14.5. The molecule has 0 bridgehead atoms. The van der Waals surface area contributed by atoms with E-state index >= 15 is 0 Å². The first-order valence-corrected chi connectivity index (χ1v) is 10.3. The number of amides is 1. The molecular weight excluding hydrogens is 392 g/mol. The molecule has 2 heterocycles. The molecule has 1 aliphatic heterocycles. The third-order valence-electron chi connectivity index (χ3n) is 5.72. The summed E-state index contributed by atoms with van der Waals surface area (Å²) in [5.41, 5.74) is 2.24. The van der Waals surface area contributed by atoms with Crippen LogP contribution in [0.5, 0.6) is 0 Å². The van der Waals surface area contributed by atoms with Crippen molar-refractivity contribution in [3.63, 3.8) is 0 Å². The van der Waals surface area contributed by atoms with Crippen LogP contribution in [-0.4, -0.2) is 67.1 Å². The summed E-state index contributed by atoms with van der Waals surface area (Å²) in [7, 11) is 1.69. The number of methoxy groups -OCH3 is 1. The van der Waals surface area contributed by atoms with Gasteiger partial charge in [0.05, 0.1) is 18.2 Å². The molecule has 4 rings (SSSR count). The molecule has 1 fully saturated rings. The van der Waals surface area contributed by atoms with Gasteiger partial charge in [-0.2, -0.15) is 5.26 Å². The minimum absolute atomic E-state index is 0.0108. The van der Waals surface area contributed by atoms with Crippen molar-refractivity contribution in [1.29, 1.82) is 5.26 Å². The summed E-state index contributed by atoms with van der Waals surface area (Å²) < 4.78 is 5.12. The largest absolute Gasteiger partial charge is 0.383 e. The zero-order chi connectivity index (χ0) is 21.8. The zero-order valence-electron chi connectivity index (χ0n) is 17.4. The number of hydrogen-bond donors (Lipinski definition) is 1. The molecule has 3 aromatic rings. The van der Waals surface area contributed by atoms with Gasteiger partial charge in [-0.1, -0.05) is 18.2 Å². The van der Waals surface area contributed by atoms with Crippen molar-refractivity contribution in [1.82, 2.24) is 14.8 Å². The molecule has 0 saturated carbocycles.